The second kappa shape index (κ2) is 8.41. The van der Waals surface area contributed by atoms with Crippen LogP contribution in [-0.4, -0.2) is 30.3 Å². The minimum Gasteiger partial charge on any atom is -0.489 e. The van der Waals surface area contributed by atoms with Crippen molar-refractivity contribution in [1.82, 2.24) is 10.6 Å². The molecule has 5 nitrogen and oxygen atoms in total. The Morgan fingerprint density at radius 1 is 1.23 bits per heavy atom. The lowest BCUT2D eigenvalue weighted by atomic mass is 10.2. The Morgan fingerprint density at radius 2 is 1.95 bits per heavy atom. The van der Waals surface area contributed by atoms with Gasteiger partial charge in [-0.05, 0) is 41.4 Å². The SMILES string of the molecule is CC(CNC(=O)NCC(O)c1ccsc1)Oc1ccccc1. The first-order chi connectivity index (χ1) is 10.6. The van der Waals surface area contributed by atoms with Gasteiger partial charge in [0, 0.05) is 6.54 Å². The summed E-state index contributed by atoms with van der Waals surface area (Å²) in [6.45, 7) is 2.44. The van der Waals surface area contributed by atoms with E-state index in [4.69, 9.17) is 4.74 Å². The van der Waals surface area contributed by atoms with E-state index in [1.165, 1.54) is 11.3 Å². The first-order valence-electron chi connectivity index (χ1n) is 7.08. The molecule has 0 aliphatic heterocycles. The van der Waals surface area contributed by atoms with Crippen LogP contribution in [0.25, 0.3) is 0 Å². The summed E-state index contributed by atoms with van der Waals surface area (Å²) in [5, 5.41) is 19.0. The zero-order valence-corrected chi connectivity index (χ0v) is 13.2. The summed E-state index contributed by atoms with van der Waals surface area (Å²) < 4.78 is 5.66. The van der Waals surface area contributed by atoms with E-state index in [0.29, 0.717) is 6.54 Å². The maximum atomic E-state index is 11.7. The van der Waals surface area contributed by atoms with Gasteiger partial charge in [0.25, 0.3) is 0 Å². The van der Waals surface area contributed by atoms with E-state index >= 15 is 0 Å². The highest BCUT2D eigenvalue weighted by atomic mass is 32.1. The molecule has 0 saturated heterocycles. The average molecular weight is 320 g/mol. The number of urea groups is 1. The number of thiophene rings is 1. The average Bonchev–Trinajstić information content (AvgIpc) is 3.06. The summed E-state index contributed by atoms with van der Waals surface area (Å²) in [6.07, 6.45) is -0.829. The summed E-state index contributed by atoms with van der Waals surface area (Å²) in [5.74, 6) is 0.769. The van der Waals surface area contributed by atoms with E-state index in [0.717, 1.165) is 11.3 Å². The number of para-hydroxylation sites is 1. The van der Waals surface area contributed by atoms with Crippen LogP contribution in [0.4, 0.5) is 4.79 Å². The Bertz CT molecular complexity index is 560. The lowest BCUT2D eigenvalue weighted by Gasteiger charge is -2.16. The van der Waals surface area contributed by atoms with Crippen molar-refractivity contribution in [2.24, 2.45) is 0 Å². The fourth-order valence-corrected chi connectivity index (χ4v) is 2.55. The highest BCUT2D eigenvalue weighted by Gasteiger charge is 2.10. The number of benzene rings is 1. The quantitative estimate of drug-likeness (QED) is 0.734. The van der Waals surface area contributed by atoms with E-state index in [9.17, 15) is 9.90 Å². The van der Waals surface area contributed by atoms with Crippen LogP contribution in [0.15, 0.2) is 47.2 Å². The van der Waals surface area contributed by atoms with Gasteiger partial charge in [-0.15, -0.1) is 0 Å². The van der Waals surface area contributed by atoms with Gasteiger partial charge in [-0.3, -0.25) is 0 Å². The minimum atomic E-state index is -0.685. The molecule has 118 valence electrons. The Labute approximate surface area is 133 Å². The zero-order valence-electron chi connectivity index (χ0n) is 12.4. The molecule has 1 aromatic carbocycles. The first-order valence-corrected chi connectivity index (χ1v) is 8.03. The molecule has 2 unspecified atom stereocenters. The number of ether oxygens (including phenoxy) is 1. The third kappa shape index (κ3) is 5.38. The van der Waals surface area contributed by atoms with Crippen molar-refractivity contribution >= 4 is 17.4 Å². The highest BCUT2D eigenvalue weighted by Crippen LogP contribution is 2.15. The second-order valence-corrected chi connectivity index (χ2v) is 5.68. The Kier molecular flexibility index (Phi) is 6.24. The van der Waals surface area contributed by atoms with Gasteiger partial charge >= 0.3 is 6.03 Å². The summed E-state index contributed by atoms with van der Waals surface area (Å²) in [4.78, 5) is 11.7. The number of rotatable bonds is 7. The van der Waals surface area contributed by atoms with Crippen LogP contribution < -0.4 is 15.4 Å². The molecule has 2 atom stereocenters. The third-order valence-corrected chi connectivity index (χ3v) is 3.72. The molecule has 0 saturated carbocycles. The fourth-order valence-electron chi connectivity index (χ4n) is 1.84. The molecule has 2 amide bonds. The monoisotopic (exact) mass is 320 g/mol. The normalized spacial score (nSPS) is 13.2. The maximum absolute atomic E-state index is 11.7. The molecule has 1 heterocycles. The van der Waals surface area contributed by atoms with Crippen LogP contribution in [0.3, 0.4) is 0 Å². The summed E-state index contributed by atoms with van der Waals surface area (Å²) >= 11 is 1.51. The summed E-state index contributed by atoms with van der Waals surface area (Å²) in [5.41, 5.74) is 0.811. The zero-order chi connectivity index (χ0) is 15.8. The van der Waals surface area contributed by atoms with Gasteiger partial charge in [-0.2, -0.15) is 11.3 Å². The molecular weight excluding hydrogens is 300 g/mol. The van der Waals surface area contributed by atoms with Crippen molar-refractivity contribution in [2.45, 2.75) is 19.1 Å². The van der Waals surface area contributed by atoms with Gasteiger partial charge in [-0.25, -0.2) is 4.79 Å². The number of hydrogen-bond donors (Lipinski definition) is 3. The number of amides is 2. The molecule has 3 N–H and O–H groups in total. The number of carbonyl (C=O) groups excluding carboxylic acids is 1. The second-order valence-electron chi connectivity index (χ2n) is 4.90. The molecule has 0 aliphatic carbocycles. The molecule has 0 fully saturated rings. The number of carbonyl (C=O) groups is 1. The van der Waals surface area contributed by atoms with Crippen molar-refractivity contribution in [1.29, 1.82) is 0 Å². The molecule has 2 rings (SSSR count). The number of aliphatic hydroxyl groups is 1. The Hall–Kier alpha value is -2.05. The first kappa shape index (κ1) is 16.3. The van der Waals surface area contributed by atoms with Crippen molar-refractivity contribution in [3.05, 3.63) is 52.7 Å². The van der Waals surface area contributed by atoms with Crippen LogP contribution in [0.2, 0.25) is 0 Å². The molecule has 0 radical (unpaired) electrons. The van der Waals surface area contributed by atoms with Crippen LogP contribution in [-0.2, 0) is 0 Å². The van der Waals surface area contributed by atoms with Crippen LogP contribution >= 0.6 is 11.3 Å². The van der Waals surface area contributed by atoms with Gasteiger partial charge in [0.15, 0.2) is 0 Å². The van der Waals surface area contributed by atoms with E-state index < -0.39 is 6.10 Å². The fraction of sp³-hybridized carbons (Fsp3) is 0.312. The molecular formula is C16H20N2O3S. The highest BCUT2D eigenvalue weighted by molar-refractivity contribution is 7.07. The van der Waals surface area contributed by atoms with Gasteiger partial charge in [-0.1, -0.05) is 18.2 Å². The summed E-state index contributed by atoms with van der Waals surface area (Å²) in [6, 6.07) is 11.0. The maximum Gasteiger partial charge on any atom is 0.315 e. The summed E-state index contributed by atoms with van der Waals surface area (Å²) in [7, 11) is 0. The largest absolute Gasteiger partial charge is 0.489 e. The van der Waals surface area contributed by atoms with Crippen LogP contribution in [0.1, 0.15) is 18.6 Å². The lowest BCUT2D eigenvalue weighted by Crippen LogP contribution is -2.41. The predicted octanol–water partition coefficient (Wildman–Crippen LogP) is 2.55. The predicted molar refractivity (Wildman–Crippen MR) is 87.2 cm³/mol. The van der Waals surface area contributed by atoms with E-state index in [2.05, 4.69) is 10.6 Å². The van der Waals surface area contributed by atoms with Gasteiger partial charge in [0.2, 0.25) is 0 Å². The molecule has 22 heavy (non-hydrogen) atoms. The van der Waals surface area contributed by atoms with Gasteiger partial charge in [0.1, 0.15) is 11.9 Å². The van der Waals surface area contributed by atoms with E-state index in [1.54, 1.807) is 0 Å². The van der Waals surface area contributed by atoms with Crippen molar-refractivity contribution in [3.8, 4) is 5.75 Å². The number of nitrogens with one attached hydrogen (secondary N) is 2. The Balaban J connectivity index is 1.65. The van der Waals surface area contributed by atoms with E-state index in [1.807, 2.05) is 54.1 Å². The molecule has 6 heteroatoms. The van der Waals surface area contributed by atoms with Gasteiger partial charge < -0.3 is 20.5 Å². The van der Waals surface area contributed by atoms with Gasteiger partial charge in [0.05, 0.1) is 12.6 Å². The van der Waals surface area contributed by atoms with Crippen molar-refractivity contribution in [3.63, 3.8) is 0 Å². The molecule has 0 aliphatic rings. The number of hydrogen-bond acceptors (Lipinski definition) is 4. The molecule has 1 aromatic heterocycles. The van der Waals surface area contributed by atoms with Crippen molar-refractivity contribution < 1.29 is 14.6 Å². The third-order valence-electron chi connectivity index (χ3n) is 3.01. The van der Waals surface area contributed by atoms with Crippen LogP contribution in [0.5, 0.6) is 5.75 Å². The minimum absolute atomic E-state index is 0.144. The molecule has 0 bridgehead atoms. The van der Waals surface area contributed by atoms with Crippen molar-refractivity contribution in [2.75, 3.05) is 13.1 Å². The smallest absolute Gasteiger partial charge is 0.315 e. The van der Waals surface area contributed by atoms with E-state index in [-0.39, 0.29) is 18.7 Å². The standard InChI is InChI=1S/C16H20N2O3S/c1-12(21-14-5-3-2-4-6-14)9-17-16(20)18-10-15(19)13-7-8-22-11-13/h2-8,11-12,15,19H,9-10H2,1H3,(H2,17,18,20). The molecule has 0 spiro atoms. The topological polar surface area (TPSA) is 70.6 Å². The Morgan fingerprint density at radius 3 is 2.64 bits per heavy atom. The number of aliphatic hydroxyl groups excluding tert-OH is 1. The van der Waals surface area contributed by atoms with Crippen LogP contribution in [0, 0.1) is 0 Å². The lowest BCUT2D eigenvalue weighted by molar-refractivity contribution is 0.171. The molecule has 2 aromatic rings.